The van der Waals surface area contributed by atoms with Gasteiger partial charge in [-0.15, -0.1) is 0 Å². The maximum absolute atomic E-state index is 10.4. The van der Waals surface area contributed by atoms with Gasteiger partial charge in [-0.3, -0.25) is 9.59 Å². The van der Waals surface area contributed by atoms with Gasteiger partial charge in [0.05, 0.1) is 0 Å². The Bertz CT molecular complexity index is 307. The van der Waals surface area contributed by atoms with Gasteiger partial charge in [-0.05, 0) is 28.1 Å². The lowest BCUT2D eigenvalue weighted by Gasteiger charge is -2.00. The average Bonchev–Trinajstić information content (AvgIpc) is 2.08. The van der Waals surface area contributed by atoms with Crippen LogP contribution in [0.5, 0.6) is 0 Å². The fourth-order valence-corrected chi connectivity index (χ4v) is 1.45. The van der Waals surface area contributed by atoms with Crippen LogP contribution in [0.15, 0.2) is 16.6 Å². The number of aldehydes is 2. The Kier molecular flexibility index (Phi) is 3.00. The molecule has 0 saturated heterocycles. The van der Waals surface area contributed by atoms with Crippen LogP contribution < -0.4 is 0 Å². The molecule has 0 saturated carbocycles. The van der Waals surface area contributed by atoms with E-state index in [4.69, 9.17) is 11.6 Å². The molecule has 0 amide bonds. The third-order valence-electron chi connectivity index (χ3n) is 1.35. The lowest BCUT2D eigenvalue weighted by atomic mass is 10.1. The molecule has 4 heteroatoms. The minimum atomic E-state index is 0.377. The van der Waals surface area contributed by atoms with Crippen LogP contribution in [0.25, 0.3) is 0 Å². The molecule has 0 spiro atoms. The number of benzene rings is 1. The van der Waals surface area contributed by atoms with Crippen molar-refractivity contribution in [3.05, 3.63) is 32.8 Å². The van der Waals surface area contributed by atoms with Crippen LogP contribution >= 0.6 is 27.5 Å². The molecule has 1 rings (SSSR count). The molecule has 12 heavy (non-hydrogen) atoms. The Balaban J connectivity index is 3.41. The highest BCUT2D eigenvalue weighted by molar-refractivity contribution is 9.10. The largest absolute Gasteiger partial charge is 0.298 e. The number of rotatable bonds is 2. The first kappa shape index (κ1) is 9.42. The zero-order valence-electron chi connectivity index (χ0n) is 5.88. The van der Waals surface area contributed by atoms with E-state index >= 15 is 0 Å². The molecule has 0 unspecified atom stereocenters. The first-order chi connectivity index (χ1) is 5.69. The zero-order chi connectivity index (χ0) is 9.14. The monoisotopic (exact) mass is 246 g/mol. The van der Waals surface area contributed by atoms with Crippen LogP contribution in [-0.4, -0.2) is 12.6 Å². The van der Waals surface area contributed by atoms with Gasteiger partial charge >= 0.3 is 0 Å². The van der Waals surface area contributed by atoms with Crippen molar-refractivity contribution in [2.75, 3.05) is 0 Å². The van der Waals surface area contributed by atoms with Crippen LogP contribution in [0.4, 0.5) is 0 Å². The molecular weight excluding hydrogens is 243 g/mol. The maximum atomic E-state index is 10.4. The SMILES string of the molecule is O=Cc1cc(Cl)cc(C=O)c1Br. The molecule has 0 radical (unpaired) electrons. The van der Waals surface area contributed by atoms with Gasteiger partial charge in [0.2, 0.25) is 0 Å². The summed E-state index contributed by atoms with van der Waals surface area (Å²) in [7, 11) is 0. The molecule has 2 nitrogen and oxygen atoms in total. The Labute approximate surface area is 82.7 Å². The molecule has 62 valence electrons. The molecule has 0 aromatic heterocycles. The summed E-state index contributed by atoms with van der Waals surface area (Å²) in [6, 6.07) is 2.98. The minimum absolute atomic E-state index is 0.377. The lowest BCUT2D eigenvalue weighted by Crippen LogP contribution is -1.89. The first-order valence-corrected chi connectivity index (χ1v) is 4.25. The second kappa shape index (κ2) is 3.83. The average molecular weight is 247 g/mol. The fraction of sp³-hybridized carbons (Fsp3) is 0. The highest BCUT2D eigenvalue weighted by Crippen LogP contribution is 2.23. The Morgan fingerprint density at radius 2 is 1.58 bits per heavy atom. The molecule has 0 aliphatic heterocycles. The van der Waals surface area contributed by atoms with Crippen molar-refractivity contribution >= 4 is 40.1 Å². The molecule has 1 aromatic carbocycles. The van der Waals surface area contributed by atoms with Crippen LogP contribution in [0.2, 0.25) is 5.02 Å². The van der Waals surface area contributed by atoms with E-state index in [1.165, 1.54) is 12.1 Å². The molecule has 0 aliphatic carbocycles. The molecular formula is C8H4BrClO2. The quantitative estimate of drug-likeness (QED) is 0.753. The highest BCUT2D eigenvalue weighted by Gasteiger charge is 2.05. The van der Waals surface area contributed by atoms with Crippen LogP contribution in [0, 0.1) is 0 Å². The molecule has 0 bridgehead atoms. The van der Waals surface area contributed by atoms with Crippen molar-refractivity contribution in [1.29, 1.82) is 0 Å². The summed E-state index contributed by atoms with van der Waals surface area (Å²) in [6.07, 6.45) is 1.28. The summed E-state index contributed by atoms with van der Waals surface area (Å²) < 4.78 is 0.483. The predicted octanol–water partition coefficient (Wildman–Crippen LogP) is 2.73. The standard InChI is InChI=1S/C8H4BrClO2/c9-8-5(3-11)1-7(10)2-6(8)4-12/h1-4H. The number of hydrogen-bond acceptors (Lipinski definition) is 2. The summed E-state index contributed by atoms with van der Waals surface area (Å²) in [4.78, 5) is 20.9. The normalized spacial score (nSPS) is 9.50. The van der Waals surface area contributed by atoms with Gasteiger partial charge < -0.3 is 0 Å². The van der Waals surface area contributed by atoms with Crippen molar-refractivity contribution in [1.82, 2.24) is 0 Å². The van der Waals surface area contributed by atoms with E-state index in [1.54, 1.807) is 0 Å². The van der Waals surface area contributed by atoms with Gasteiger partial charge in [-0.1, -0.05) is 11.6 Å². The van der Waals surface area contributed by atoms with Crippen LogP contribution in [0.1, 0.15) is 20.7 Å². The smallest absolute Gasteiger partial charge is 0.151 e. The van der Waals surface area contributed by atoms with Crippen molar-refractivity contribution in [2.45, 2.75) is 0 Å². The van der Waals surface area contributed by atoms with Gasteiger partial charge in [0, 0.05) is 20.6 Å². The van der Waals surface area contributed by atoms with Crippen molar-refractivity contribution in [2.24, 2.45) is 0 Å². The molecule has 0 fully saturated rings. The zero-order valence-corrected chi connectivity index (χ0v) is 8.22. The van der Waals surface area contributed by atoms with Crippen molar-refractivity contribution < 1.29 is 9.59 Å². The topological polar surface area (TPSA) is 34.1 Å². The number of carbonyl (C=O) groups is 2. The van der Waals surface area contributed by atoms with E-state index in [9.17, 15) is 9.59 Å². The molecule has 0 heterocycles. The number of carbonyl (C=O) groups excluding carboxylic acids is 2. The van der Waals surface area contributed by atoms with E-state index in [0.717, 1.165) is 0 Å². The van der Waals surface area contributed by atoms with Gasteiger partial charge in [0.15, 0.2) is 12.6 Å². The molecule has 1 aromatic rings. The summed E-state index contributed by atoms with van der Waals surface area (Å²) in [5, 5.41) is 0.377. The van der Waals surface area contributed by atoms with Gasteiger partial charge in [-0.25, -0.2) is 0 Å². The summed E-state index contributed by atoms with van der Waals surface area (Å²) >= 11 is 8.76. The van der Waals surface area contributed by atoms with Crippen LogP contribution in [0.3, 0.4) is 0 Å². The predicted molar refractivity (Wildman–Crippen MR) is 49.9 cm³/mol. The Hall–Kier alpha value is -0.670. The fourth-order valence-electron chi connectivity index (χ4n) is 0.804. The van der Waals surface area contributed by atoms with Gasteiger partial charge in [0.25, 0.3) is 0 Å². The van der Waals surface area contributed by atoms with E-state index in [1.807, 2.05) is 0 Å². The van der Waals surface area contributed by atoms with E-state index < -0.39 is 0 Å². The minimum Gasteiger partial charge on any atom is -0.298 e. The Morgan fingerprint density at radius 3 is 1.92 bits per heavy atom. The van der Waals surface area contributed by atoms with E-state index in [-0.39, 0.29) is 0 Å². The van der Waals surface area contributed by atoms with Crippen molar-refractivity contribution in [3.8, 4) is 0 Å². The molecule has 0 N–H and O–H groups in total. The summed E-state index contributed by atoms with van der Waals surface area (Å²) in [5.41, 5.74) is 0.759. The van der Waals surface area contributed by atoms with E-state index in [2.05, 4.69) is 15.9 Å². The second-order valence-electron chi connectivity index (χ2n) is 2.13. The third-order valence-corrected chi connectivity index (χ3v) is 2.48. The Morgan fingerprint density at radius 1 is 1.17 bits per heavy atom. The van der Waals surface area contributed by atoms with E-state index in [0.29, 0.717) is 33.2 Å². The number of halogens is 2. The molecule has 0 aliphatic rings. The summed E-state index contributed by atoms with van der Waals surface area (Å²) in [6.45, 7) is 0. The lowest BCUT2D eigenvalue weighted by molar-refractivity contribution is 0.112. The number of hydrogen-bond donors (Lipinski definition) is 0. The maximum Gasteiger partial charge on any atom is 0.151 e. The van der Waals surface area contributed by atoms with Gasteiger partial charge in [-0.2, -0.15) is 0 Å². The van der Waals surface area contributed by atoms with Crippen LogP contribution in [-0.2, 0) is 0 Å². The molecule has 0 atom stereocenters. The summed E-state index contributed by atoms with van der Waals surface area (Å²) in [5.74, 6) is 0. The van der Waals surface area contributed by atoms with Crippen molar-refractivity contribution in [3.63, 3.8) is 0 Å². The highest BCUT2D eigenvalue weighted by atomic mass is 79.9. The first-order valence-electron chi connectivity index (χ1n) is 3.08. The second-order valence-corrected chi connectivity index (χ2v) is 3.36. The van der Waals surface area contributed by atoms with Gasteiger partial charge in [0.1, 0.15) is 0 Å². The third kappa shape index (κ3) is 1.73.